The predicted octanol–water partition coefficient (Wildman–Crippen LogP) is 6.03. The van der Waals surface area contributed by atoms with Crippen molar-refractivity contribution >= 4 is 21.0 Å². The van der Waals surface area contributed by atoms with Crippen LogP contribution in [0.15, 0.2) is 12.2 Å². The molecule has 1 N–H and O–H groups in total. The van der Waals surface area contributed by atoms with Crippen molar-refractivity contribution in [1.82, 2.24) is 0 Å². The standard InChI is InChI=1S/C7H18OS2.C6H10O.2C3H7.Co/c1-6(2)10(9,8-5)7(3)4;7-5-6-3-1-2-4-6;2*1-3-2;/h6-7,9H,1-5H3;1,3,6-7H,2,4-5H2;2*3H,1-2H3;/q;;2*-1;+3/p-1. The molecule has 150 valence electrons. The molecule has 1 unspecified atom stereocenters. The third kappa shape index (κ3) is 17.7. The smallest absolute Gasteiger partial charge is 0.708 e. The number of aliphatic hydroxyl groups is 1. The average molecular weight is 425 g/mol. The van der Waals surface area contributed by atoms with E-state index >= 15 is 0 Å². The Labute approximate surface area is 170 Å². The zero-order valence-electron chi connectivity index (χ0n) is 17.2. The Morgan fingerprint density at radius 2 is 1.50 bits per heavy atom. The molecule has 0 amide bonds. The topological polar surface area (TPSA) is 29.5 Å². The maximum Gasteiger partial charge on any atom is 3.00 e. The number of hydrogen-bond donors (Lipinski definition) is 1. The first kappa shape index (κ1) is 32.5. The van der Waals surface area contributed by atoms with E-state index in [9.17, 15) is 0 Å². The molecule has 0 spiro atoms. The van der Waals surface area contributed by atoms with Gasteiger partial charge in [-0.05, 0) is 23.3 Å². The second-order valence-electron chi connectivity index (χ2n) is 5.96. The summed E-state index contributed by atoms with van der Waals surface area (Å²) in [6.45, 7) is 16.9. The Bertz CT molecular complexity index is 250. The Kier molecular flexibility index (Phi) is 29.7. The van der Waals surface area contributed by atoms with Gasteiger partial charge in [-0.1, -0.05) is 39.8 Å². The van der Waals surface area contributed by atoms with Crippen LogP contribution < -0.4 is 0 Å². The van der Waals surface area contributed by atoms with Crippen molar-refractivity contribution in [3.63, 3.8) is 0 Å². The predicted molar refractivity (Wildman–Crippen MR) is 112 cm³/mol. The first-order valence-corrected chi connectivity index (χ1v) is 11.1. The van der Waals surface area contributed by atoms with Crippen LogP contribution in [0.3, 0.4) is 0 Å². The summed E-state index contributed by atoms with van der Waals surface area (Å²) in [4.78, 5) is 0. The molecule has 0 bridgehead atoms. The van der Waals surface area contributed by atoms with Gasteiger partial charge in [0, 0.05) is 19.6 Å². The maximum atomic E-state index is 8.51. The van der Waals surface area contributed by atoms with E-state index in [0.717, 1.165) is 12.8 Å². The van der Waals surface area contributed by atoms with Crippen molar-refractivity contribution in [3.8, 4) is 0 Å². The molecule has 24 heavy (non-hydrogen) atoms. The maximum absolute atomic E-state index is 8.51. The van der Waals surface area contributed by atoms with Crippen molar-refractivity contribution in [3.05, 3.63) is 25.0 Å². The number of allylic oxidation sites excluding steroid dienone is 1. The zero-order valence-corrected chi connectivity index (χ0v) is 19.8. The van der Waals surface area contributed by atoms with Gasteiger partial charge in [-0.2, -0.15) is 27.7 Å². The van der Waals surface area contributed by atoms with Gasteiger partial charge in [0.1, 0.15) is 0 Å². The molecule has 2 nitrogen and oxygen atoms in total. The monoisotopic (exact) mass is 424 g/mol. The zero-order chi connectivity index (χ0) is 18.9. The summed E-state index contributed by atoms with van der Waals surface area (Å²) in [6, 6.07) is 0. The van der Waals surface area contributed by atoms with Crippen LogP contribution >= 0.6 is 9.34 Å². The molecule has 0 saturated heterocycles. The van der Waals surface area contributed by atoms with E-state index in [1.807, 2.05) is 40.5 Å². The van der Waals surface area contributed by atoms with Gasteiger partial charge in [0.15, 0.2) is 0 Å². The van der Waals surface area contributed by atoms with Crippen LogP contribution in [-0.4, -0.2) is 29.3 Å². The van der Waals surface area contributed by atoms with Gasteiger partial charge in [-0.15, -0.1) is 0 Å². The fourth-order valence-electron chi connectivity index (χ4n) is 1.78. The summed E-state index contributed by atoms with van der Waals surface area (Å²) in [5.74, 6) is 0.472. The van der Waals surface area contributed by atoms with Crippen LogP contribution in [0.25, 0.3) is 0 Å². The number of rotatable bonds is 4. The summed E-state index contributed by atoms with van der Waals surface area (Å²) < 4.78 is 5.36. The van der Waals surface area contributed by atoms with Crippen LogP contribution in [0.5, 0.6) is 0 Å². The number of aliphatic hydroxyl groups excluding tert-OH is 1. The van der Waals surface area contributed by atoms with E-state index in [2.05, 4.69) is 39.8 Å². The van der Waals surface area contributed by atoms with Gasteiger partial charge in [0.25, 0.3) is 0 Å². The second kappa shape index (κ2) is 21.9. The molecule has 0 aromatic heterocycles. The first-order chi connectivity index (χ1) is 10.7. The van der Waals surface area contributed by atoms with Crippen molar-refractivity contribution in [2.45, 2.75) is 78.7 Å². The van der Waals surface area contributed by atoms with Gasteiger partial charge in [0.05, 0.1) is 0 Å². The van der Waals surface area contributed by atoms with Crippen LogP contribution in [-0.2, 0) is 32.6 Å². The normalized spacial score (nSPS) is 16.1. The Morgan fingerprint density at radius 1 is 1.12 bits per heavy atom. The van der Waals surface area contributed by atoms with Gasteiger partial charge in [0.2, 0.25) is 0 Å². The molecule has 0 aromatic rings. The molecular formula is C19H41CoO2S2. The SMILES string of the molecule is COS([S-])(C(C)C)C(C)C.C[CH-]C.C[CH-]C.OCC1C=CCC1.[Co+3]. The average Bonchev–Trinajstić information content (AvgIpc) is 3.01. The minimum atomic E-state index is -1.23. The van der Waals surface area contributed by atoms with Gasteiger partial charge in [-0.25, -0.2) is 0 Å². The first-order valence-electron chi connectivity index (χ1n) is 8.54. The molecule has 0 heterocycles. The fourth-order valence-corrected chi connectivity index (χ4v) is 3.64. The quantitative estimate of drug-likeness (QED) is 0.258. The van der Waals surface area contributed by atoms with Crippen LogP contribution in [0.2, 0.25) is 0 Å². The molecule has 0 fully saturated rings. The van der Waals surface area contributed by atoms with Crippen molar-refractivity contribution in [2.24, 2.45) is 5.92 Å². The van der Waals surface area contributed by atoms with Gasteiger partial charge < -0.3 is 33.8 Å². The van der Waals surface area contributed by atoms with E-state index in [1.54, 1.807) is 7.11 Å². The largest absolute Gasteiger partial charge is 3.00 e. The molecule has 1 rings (SSSR count). The third-order valence-electron chi connectivity index (χ3n) is 2.92. The van der Waals surface area contributed by atoms with Crippen molar-refractivity contribution < 1.29 is 26.1 Å². The van der Waals surface area contributed by atoms with Crippen LogP contribution in [0.1, 0.15) is 68.2 Å². The Hall–Kier alpha value is 0.866. The number of hydrogen-bond acceptors (Lipinski definition) is 3. The molecule has 1 aliphatic rings. The van der Waals surface area contributed by atoms with Gasteiger partial charge >= 0.3 is 16.8 Å². The molecular weight excluding hydrogens is 383 g/mol. The summed E-state index contributed by atoms with van der Waals surface area (Å²) >= 11 is 5.41. The van der Waals surface area contributed by atoms with Crippen molar-refractivity contribution in [1.29, 1.82) is 0 Å². The molecule has 0 aliphatic heterocycles. The molecule has 1 atom stereocenters. The summed E-state index contributed by atoms with van der Waals surface area (Å²) in [5.41, 5.74) is 0. The van der Waals surface area contributed by atoms with Crippen LogP contribution in [0, 0.1) is 18.8 Å². The van der Waals surface area contributed by atoms with E-state index in [0.29, 0.717) is 23.0 Å². The molecule has 0 radical (unpaired) electrons. The summed E-state index contributed by atoms with van der Waals surface area (Å²) in [6.07, 6.45) is 10.5. The Morgan fingerprint density at radius 3 is 1.58 bits per heavy atom. The minimum Gasteiger partial charge on any atom is -0.708 e. The summed E-state index contributed by atoms with van der Waals surface area (Å²) in [7, 11) is 0.498. The van der Waals surface area contributed by atoms with E-state index in [4.69, 9.17) is 21.0 Å². The molecule has 0 aromatic carbocycles. The minimum absolute atomic E-state index is 0. The molecule has 0 saturated carbocycles. The Balaban J connectivity index is -0.000000125. The van der Waals surface area contributed by atoms with Crippen LogP contribution in [0.4, 0.5) is 0 Å². The molecule has 1 aliphatic carbocycles. The van der Waals surface area contributed by atoms with Gasteiger partial charge in [-0.3, -0.25) is 9.34 Å². The third-order valence-corrected chi connectivity index (χ3v) is 8.79. The molecule has 5 heteroatoms. The fraction of sp³-hybridized carbons (Fsp3) is 0.789. The van der Waals surface area contributed by atoms with Crippen molar-refractivity contribution in [2.75, 3.05) is 13.7 Å². The second-order valence-corrected chi connectivity index (χ2v) is 10.9. The van der Waals surface area contributed by atoms with E-state index < -0.39 is 9.34 Å². The van der Waals surface area contributed by atoms with E-state index in [1.165, 1.54) is 0 Å². The summed E-state index contributed by atoms with van der Waals surface area (Å²) in [5, 5.41) is 9.47. The van der Waals surface area contributed by atoms with E-state index in [-0.39, 0.29) is 16.8 Å².